The Morgan fingerprint density at radius 1 is 0.862 bits per heavy atom. The van der Waals surface area contributed by atoms with Crippen molar-refractivity contribution >= 4 is 17.3 Å². The van der Waals surface area contributed by atoms with Crippen LogP contribution in [0.4, 0.5) is 11.4 Å². The molecule has 0 unspecified atom stereocenters. The van der Waals surface area contributed by atoms with Crippen LogP contribution in [0, 0.1) is 22.7 Å². The van der Waals surface area contributed by atoms with E-state index in [4.69, 9.17) is 10.00 Å². The summed E-state index contributed by atoms with van der Waals surface area (Å²) < 4.78 is 5.70. The first-order valence-electron chi connectivity index (χ1n) is 8.70. The Kier molecular flexibility index (Phi) is 6.23. The topological polar surface area (TPSA) is 97.9 Å². The quantitative estimate of drug-likeness (QED) is 0.472. The zero-order valence-corrected chi connectivity index (χ0v) is 15.3. The molecule has 2 N–H and O–H groups in total. The SMILES string of the molecule is N#C/C(=C/Nc1ccccc1C#N)C(=O)Nc1ccc(Oc2ccccc2)cc1. The summed E-state index contributed by atoms with van der Waals surface area (Å²) in [5.41, 5.74) is 1.32. The van der Waals surface area contributed by atoms with Crippen LogP contribution in [-0.2, 0) is 4.79 Å². The molecule has 0 aliphatic rings. The van der Waals surface area contributed by atoms with Gasteiger partial charge in [0.05, 0.1) is 11.3 Å². The number of hydrogen-bond acceptors (Lipinski definition) is 5. The highest BCUT2D eigenvalue weighted by atomic mass is 16.5. The summed E-state index contributed by atoms with van der Waals surface area (Å²) in [7, 11) is 0. The largest absolute Gasteiger partial charge is 0.457 e. The molecule has 6 heteroatoms. The van der Waals surface area contributed by atoms with E-state index in [9.17, 15) is 10.1 Å². The van der Waals surface area contributed by atoms with E-state index >= 15 is 0 Å². The second kappa shape index (κ2) is 9.40. The summed E-state index contributed by atoms with van der Waals surface area (Å²) in [6, 6.07) is 26.9. The molecule has 0 fully saturated rings. The van der Waals surface area contributed by atoms with Crippen LogP contribution in [-0.4, -0.2) is 5.91 Å². The van der Waals surface area contributed by atoms with Gasteiger partial charge in [0.25, 0.3) is 5.91 Å². The van der Waals surface area contributed by atoms with Gasteiger partial charge in [0.15, 0.2) is 0 Å². The monoisotopic (exact) mass is 380 g/mol. The van der Waals surface area contributed by atoms with E-state index in [0.717, 1.165) is 0 Å². The minimum absolute atomic E-state index is 0.123. The van der Waals surface area contributed by atoms with Crippen molar-refractivity contribution < 1.29 is 9.53 Å². The van der Waals surface area contributed by atoms with Crippen LogP contribution in [0.15, 0.2) is 90.6 Å². The lowest BCUT2D eigenvalue weighted by Gasteiger charge is -2.08. The summed E-state index contributed by atoms with van der Waals surface area (Å²) in [5, 5.41) is 23.9. The number of nitrogens with one attached hydrogen (secondary N) is 2. The number of nitriles is 2. The fourth-order valence-electron chi connectivity index (χ4n) is 2.43. The number of hydrogen-bond donors (Lipinski definition) is 2. The lowest BCUT2D eigenvalue weighted by molar-refractivity contribution is -0.112. The maximum Gasteiger partial charge on any atom is 0.267 e. The third kappa shape index (κ3) is 5.22. The summed E-state index contributed by atoms with van der Waals surface area (Å²) in [5.74, 6) is 0.772. The third-order valence-electron chi connectivity index (χ3n) is 3.88. The Balaban J connectivity index is 1.65. The van der Waals surface area contributed by atoms with Gasteiger partial charge >= 0.3 is 0 Å². The molecule has 0 aliphatic carbocycles. The van der Waals surface area contributed by atoms with Gasteiger partial charge in [-0.05, 0) is 48.5 Å². The first kappa shape index (κ1) is 19.2. The molecule has 0 saturated carbocycles. The van der Waals surface area contributed by atoms with Crippen LogP contribution >= 0.6 is 0 Å². The van der Waals surface area contributed by atoms with Crippen molar-refractivity contribution in [2.24, 2.45) is 0 Å². The molecule has 3 aromatic rings. The predicted octanol–water partition coefficient (Wildman–Crippen LogP) is 4.81. The number of ether oxygens (including phenoxy) is 1. The van der Waals surface area contributed by atoms with Crippen LogP contribution < -0.4 is 15.4 Å². The Hall–Kier alpha value is -4.55. The van der Waals surface area contributed by atoms with E-state index < -0.39 is 5.91 Å². The highest BCUT2D eigenvalue weighted by Gasteiger charge is 2.10. The minimum Gasteiger partial charge on any atom is -0.457 e. The van der Waals surface area contributed by atoms with Gasteiger partial charge in [-0.25, -0.2) is 0 Å². The second-order valence-electron chi connectivity index (χ2n) is 5.87. The minimum atomic E-state index is -0.564. The van der Waals surface area contributed by atoms with Crippen molar-refractivity contribution in [1.82, 2.24) is 0 Å². The van der Waals surface area contributed by atoms with Crippen molar-refractivity contribution in [2.45, 2.75) is 0 Å². The van der Waals surface area contributed by atoms with E-state index in [1.54, 1.807) is 48.5 Å². The molecular weight excluding hydrogens is 364 g/mol. The fourth-order valence-corrected chi connectivity index (χ4v) is 2.43. The van der Waals surface area contributed by atoms with Crippen LogP contribution in [0.5, 0.6) is 11.5 Å². The van der Waals surface area contributed by atoms with Crippen molar-refractivity contribution in [1.29, 1.82) is 10.5 Å². The molecule has 6 nitrogen and oxygen atoms in total. The Morgan fingerprint density at radius 2 is 1.52 bits per heavy atom. The Bertz CT molecular complexity index is 1110. The molecule has 0 heterocycles. The fraction of sp³-hybridized carbons (Fsp3) is 0. The molecule has 0 aliphatic heterocycles. The second-order valence-corrected chi connectivity index (χ2v) is 5.87. The standard InChI is InChI=1S/C23H16N4O2/c24-14-17-6-4-5-9-22(17)26-16-18(15-25)23(28)27-19-10-12-21(13-11-19)29-20-7-2-1-3-8-20/h1-13,16,26H,(H,27,28)/b18-16-. The molecule has 29 heavy (non-hydrogen) atoms. The molecule has 0 radical (unpaired) electrons. The molecule has 0 atom stereocenters. The van der Waals surface area contributed by atoms with Crippen molar-refractivity contribution in [2.75, 3.05) is 10.6 Å². The van der Waals surface area contributed by atoms with E-state index in [-0.39, 0.29) is 5.57 Å². The lowest BCUT2D eigenvalue weighted by atomic mass is 10.2. The zero-order valence-electron chi connectivity index (χ0n) is 15.3. The van der Waals surface area contributed by atoms with E-state index in [1.165, 1.54) is 6.20 Å². The predicted molar refractivity (Wildman–Crippen MR) is 110 cm³/mol. The number of carbonyl (C=O) groups is 1. The molecule has 0 bridgehead atoms. The number of para-hydroxylation sites is 2. The van der Waals surface area contributed by atoms with Gasteiger partial charge in [0.1, 0.15) is 29.2 Å². The maximum atomic E-state index is 12.4. The average Bonchev–Trinajstić information content (AvgIpc) is 2.76. The van der Waals surface area contributed by atoms with Gasteiger partial charge in [-0.15, -0.1) is 0 Å². The zero-order chi connectivity index (χ0) is 20.5. The summed E-state index contributed by atoms with van der Waals surface area (Å²) in [4.78, 5) is 12.4. The highest BCUT2D eigenvalue weighted by Crippen LogP contribution is 2.23. The number of anilines is 2. The molecule has 1 amide bonds. The van der Waals surface area contributed by atoms with Crippen LogP contribution in [0.1, 0.15) is 5.56 Å². The number of benzene rings is 3. The van der Waals surface area contributed by atoms with E-state index in [1.807, 2.05) is 42.5 Å². The van der Waals surface area contributed by atoms with Gasteiger partial charge in [-0.3, -0.25) is 4.79 Å². The lowest BCUT2D eigenvalue weighted by Crippen LogP contribution is -2.14. The smallest absolute Gasteiger partial charge is 0.267 e. The van der Waals surface area contributed by atoms with Gasteiger partial charge in [-0.1, -0.05) is 30.3 Å². The molecule has 140 valence electrons. The van der Waals surface area contributed by atoms with E-state index in [2.05, 4.69) is 10.6 Å². The van der Waals surface area contributed by atoms with Gasteiger partial charge in [0, 0.05) is 11.9 Å². The van der Waals surface area contributed by atoms with Crippen molar-refractivity contribution in [3.05, 3.63) is 96.2 Å². The molecule has 3 rings (SSSR count). The summed E-state index contributed by atoms with van der Waals surface area (Å²) in [6.07, 6.45) is 1.28. The first-order chi connectivity index (χ1) is 14.2. The van der Waals surface area contributed by atoms with Crippen LogP contribution in [0.2, 0.25) is 0 Å². The Labute approximate surface area is 168 Å². The summed E-state index contributed by atoms with van der Waals surface area (Å²) in [6.45, 7) is 0. The first-order valence-corrected chi connectivity index (χ1v) is 8.70. The van der Waals surface area contributed by atoms with Gasteiger partial charge < -0.3 is 15.4 Å². The van der Waals surface area contributed by atoms with Crippen LogP contribution in [0.3, 0.4) is 0 Å². The molecule has 0 spiro atoms. The number of amides is 1. The normalized spacial score (nSPS) is 10.3. The third-order valence-corrected chi connectivity index (χ3v) is 3.88. The number of carbonyl (C=O) groups excluding carboxylic acids is 1. The summed E-state index contributed by atoms with van der Waals surface area (Å²) >= 11 is 0. The number of nitrogens with zero attached hydrogens (tertiary/aromatic N) is 2. The molecular formula is C23H16N4O2. The molecule has 0 aromatic heterocycles. The number of rotatable bonds is 6. The van der Waals surface area contributed by atoms with Gasteiger partial charge in [0.2, 0.25) is 0 Å². The van der Waals surface area contributed by atoms with Crippen LogP contribution in [0.25, 0.3) is 0 Å². The molecule has 3 aromatic carbocycles. The van der Waals surface area contributed by atoms with Gasteiger partial charge in [-0.2, -0.15) is 10.5 Å². The maximum absolute atomic E-state index is 12.4. The van der Waals surface area contributed by atoms with Crippen molar-refractivity contribution in [3.63, 3.8) is 0 Å². The highest BCUT2D eigenvalue weighted by molar-refractivity contribution is 6.06. The average molecular weight is 380 g/mol. The van der Waals surface area contributed by atoms with Crippen molar-refractivity contribution in [3.8, 4) is 23.6 Å². The van der Waals surface area contributed by atoms with E-state index in [0.29, 0.717) is 28.4 Å². The Morgan fingerprint density at radius 3 is 2.21 bits per heavy atom. The molecule has 0 saturated heterocycles.